The van der Waals surface area contributed by atoms with Crippen molar-refractivity contribution in [2.24, 2.45) is 0 Å². The summed E-state index contributed by atoms with van der Waals surface area (Å²) in [5.74, 6) is -0.430. The zero-order chi connectivity index (χ0) is 17.3. The van der Waals surface area contributed by atoms with Crippen LogP contribution in [0.2, 0.25) is 0 Å². The second-order valence-corrected chi connectivity index (χ2v) is 7.36. The van der Waals surface area contributed by atoms with Gasteiger partial charge in [-0.25, -0.2) is 10.3 Å². The summed E-state index contributed by atoms with van der Waals surface area (Å²) < 4.78 is 34.7. The van der Waals surface area contributed by atoms with E-state index in [4.69, 9.17) is 9.39 Å². The second kappa shape index (κ2) is 6.82. The fourth-order valence-electron chi connectivity index (χ4n) is 3.50. The Kier molecular flexibility index (Phi) is 4.95. The molecule has 0 aromatic heterocycles. The van der Waals surface area contributed by atoms with Crippen LogP contribution in [0.4, 0.5) is 4.79 Å². The van der Waals surface area contributed by atoms with E-state index in [2.05, 4.69) is 9.76 Å². The molecule has 3 aliphatic rings. The summed E-state index contributed by atoms with van der Waals surface area (Å²) in [6.07, 6.45) is 5.84. The summed E-state index contributed by atoms with van der Waals surface area (Å²) in [5.41, 5.74) is 2.43. The highest BCUT2D eigenvalue weighted by Crippen LogP contribution is 2.30. The van der Waals surface area contributed by atoms with Crippen LogP contribution in [0.3, 0.4) is 0 Å². The number of amides is 3. The van der Waals surface area contributed by atoms with Crippen LogP contribution in [-0.2, 0) is 24.3 Å². The van der Waals surface area contributed by atoms with E-state index in [1.165, 1.54) is 11.3 Å². The summed E-state index contributed by atoms with van der Waals surface area (Å²) in [6.45, 7) is 0.163. The Hall–Kier alpha value is -1.43. The smallest absolute Gasteiger partial charge is 0.309 e. The molecule has 0 aromatic carbocycles. The predicted octanol–water partition coefficient (Wildman–Crippen LogP) is 0.370. The van der Waals surface area contributed by atoms with Gasteiger partial charge in [0.2, 0.25) is 0 Å². The third-order valence-electron chi connectivity index (χ3n) is 4.68. The van der Waals surface area contributed by atoms with Crippen LogP contribution in [0.5, 0.6) is 0 Å². The lowest BCUT2D eigenvalue weighted by atomic mass is 9.98. The molecule has 2 heterocycles. The van der Waals surface area contributed by atoms with Gasteiger partial charge in [-0.05, 0) is 25.7 Å². The van der Waals surface area contributed by atoms with Gasteiger partial charge in [0.15, 0.2) is 0 Å². The Labute approximate surface area is 139 Å². The average molecular weight is 363 g/mol. The van der Waals surface area contributed by atoms with Crippen molar-refractivity contribution < 1.29 is 31.7 Å². The van der Waals surface area contributed by atoms with E-state index in [1.807, 2.05) is 0 Å². The van der Waals surface area contributed by atoms with Crippen molar-refractivity contribution in [2.75, 3.05) is 6.54 Å². The maximum absolute atomic E-state index is 12.3. The highest BCUT2D eigenvalue weighted by Gasteiger charge is 2.49. The molecule has 3 rings (SSSR count). The molecule has 3 amide bonds. The van der Waals surface area contributed by atoms with Crippen molar-refractivity contribution >= 4 is 22.3 Å². The molecule has 1 aliphatic carbocycles. The quantitative estimate of drug-likeness (QED) is 0.534. The van der Waals surface area contributed by atoms with Crippen LogP contribution >= 0.6 is 0 Å². The second-order valence-electron chi connectivity index (χ2n) is 6.35. The van der Waals surface area contributed by atoms with Gasteiger partial charge in [0.1, 0.15) is 6.04 Å². The Morgan fingerprint density at radius 3 is 2.54 bits per heavy atom. The van der Waals surface area contributed by atoms with Gasteiger partial charge in [-0.15, -0.1) is 4.28 Å². The van der Waals surface area contributed by atoms with Gasteiger partial charge in [0, 0.05) is 6.54 Å². The molecule has 2 unspecified atom stereocenters. The minimum atomic E-state index is -4.79. The molecule has 0 radical (unpaired) electrons. The predicted molar refractivity (Wildman–Crippen MR) is 79.5 cm³/mol. The van der Waals surface area contributed by atoms with Crippen molar-refractivity contribution in [3.05, 3.63) is 0 Å². The molecular formula is C13H21N3O7S. The number of hydrogen-bond donors (Lipinski definition) is 2. The Balaban J connectivity index is 1.58. The van der Waals surface area contributed by atoms with Crippen LogP contribution in [0, 0.1) is 0 Å². The monoisotopic (exact) mass is 363 g/mol. The van der Waals surface area contributed by atoms with Crippen LogP contribution in [0.15, 0.2) is 0 Å². The number of piperidine rings is 1. The summed E-state index contributed by atoms with van der Waals surface area (Å²) in [4.78, 5) is 31.2. The van der Waals surface area contributed by atoms with E-state index in [-0.39, 0.29) is 12.6 Å². The number of urea groups is 1. The Morgan fingerprint density at radius 2 is 1.88 bits per heavy atom. The van der Waals surface area contributed by atoms with E-state index in [0.717, 1.165) is 25.7 Å². The number of rotatable bonds is 5. The molecule has 24 heavy (non-hydrogen) atoms. The summed E-state index contributed by atoms with van der Waals surface area (Å²) in [7, 11) is -4.79. The fourth-order valence-corrected chi connectivity index (χ4v) is 3.88. The topological polar surface area (TPSA) is 125 Å². The molecule has 2 N–H and O–H groups in total. The van der Waals surface area contributed by atoms with E-state index in [1.54, 1.807) is 0 Å². The van der Waals surface area contributed by atoms with E-state index in [0.29, 0.717) is 17.9 Å². The molecule has 0 aromatic rings. The lowest BCUT2D eigenvalue weighted by Crippen LogP contribution is -2.50. The molecule has 136 valence electrons. The lowest BCUT2D eigenvalue weighted by molar-refractivity contribution is -0.145. The average Bonchev–Trinajstić information content (AvgIpc) is 2.77. The summed E-state index contributed by atoms with van der Waals surface area (Å²) >= 11 is 0. The number of hydroxylamine groups is 3. The number of carbonyl (C=O) groups excluding carboxylic acids is 2. The number of nitrogens with one attached hydrogen (secondary N) is 1. The highest BCUT2D eigenvalue weighted by atomic mass is 32.3. The van der Waals surface area contributed by atoms with Crippen molar-refractivity contribution in [3.63, 3.8) is 0 Å². The van der Waals surface area contributed by atoms with Crippen LogP contribution in [-0.4, -0.2) is 59.6 Å². The SMILES string of the molecule is O=C(NOC1CCCCC1)C1CCC2CN1C(=O)N2OS(=O)(=O)O. The van der Waals surface area contributed by atoms with Crippen molar-refractivity contribution in [1.29, 1.82) is 0 Å². The number of hydrogen-bond acceptors (Lipinski definition) is 6. The molecule has 2 aliphatic heterocycles. The van der Waals surface area contributed by atoms with Crippen LogP contribution < -0.4 is 5.48 Å². The maximum atomic E-state index is 12.3. The third kappa shape index (κ3) is 3.79. The minimum absolute atomic E-state index is 0.00678. The molecular weight excluding hydrogens is 342 g/mol. The zero-order valence-electron chi connectivity index (χ0n) is 13.1. The third-order valence-corrected chi connectivity index (χ3v) is 5.03. The number of fused-ring (bicyclic) bond motifs is 2. The Bertz CT molecular complexity index is 605. The normalized spacial score (nSPS) is 28.3. The Morgan fingerprint density at radius 1 is 1.17 bits per heavy atom. The van der Waals surface area contributed by atoms with E-state index in [9.17, 15) is 18.0 Å². The fraction of sp³-hybridized carbons (Fsp3) is 0.846. The summed E-state index contributed by atoms with van der Waals surface area (Å²) in [6, 6.07) is -2.01. The van der Waals surface area contributed by atoms with Crippen molar-refractivity contribution in [1.82, 2.24) is 15.4 Å². The van der Waals surface area contributed by atoms with Gasteiger partial charge < -0.3 is 4.90 Å². The van der Waals surface area contributed by atoms with Crippen molar-refractivity contribution in [3.8, 4) is 0 Å². The number of nitrogens with zero attached hydrogens (tertiary/aromatic N) is 2. The molecule has 2 atom stereocenters. The van der Waals surface area contributed by atoms with Gasteiger partial charge in [-0.1, -0.05) is 19.3 Å². The van der Waals surface area contributed by atoms with E-state index >= 15 is 0 Å². The first-order valence-corrected chi connectivity index (χ1v) is 9.44. The lowest BCUT2D eigenvalue weighted by Gasteiger charge is -2.30. The largest absolute Gasteiger partial charge is 0.418 e. The van der Waals surface area contributed by atoms with Crippen molar-refractivity contribution in [2.45, 2.75) is 63.1 Å². The van der Waals surface area contributed by atoms with Gasteiger partial charge in [0.05, 0.1) is 12.1 Å². The van der Waals surface area contributed by atoms with Crippen LogP contribution in [0.1, 0.15) is 44.9 Å². The summed E-state index contributed by atoms with van der Waals surface area (Å²) in [5, 5.41) is 0.616. The first-order chi connectivity index (χ1) is 11.3. The van der Waals surface area contributed by atoms with E-state index < -0.39 is 34.4 Å². The molecule has 10 nitrogen and oxygen atoms in total. The first kappa shape index (κ1) is 17.4. The van der Waals surface area contributed by atoms with Gasteiger partial charge in [-0.3, -0.25) is 14.2 Å². The molecule has 3 fully saturated rings. The standard InChI is InChI=1S/C13H21N3O7S/c17-12(14-22-10-4-2-1-3-5-10)11-7-6-9-8-15(11)13(18)16(9)23-24(19,20)21/h9-11H,1-8H2,(H,14,17)(H,19,20,21). The molecule has 2 bridgehead atoms. The molecule has 2 saturated heterocycles. The van der Waals surface area contributed by atoms with Crippen LogP contribution in [0.25, 0.3) is 0 Å². The maximum Gasteiger partial charge on any atom is 0.418 e. The minimum Gasteiger partial charge on any atom is -0.309 e. The molecule has 1 saturated carbocycles. The first-order valence-electron chi connectivity index (χ1n) is 8.07. The molecule has 0 spiro atoms. The van der Waals surface area contributed by atoms with Gasteiger partial charge >= 0.3 is 16.4 Å². The van der Waals surface area contributed by atoms with Gasteiger partial charge in [-0.2, -0.15) is 13.5 Å². The molecule has 11 heteroatoms. The highest BCUT2D eigenvalue weighted by molar-refractivity contribution is 7.80. The zero-order valence-corrected chi connectivity index (χ0v) is 13.9. The number of carbonyl (C=O) groups is 2. The van der Waals surface area contributed by atoms with Gasteiger partial charge in [0.25, 0.3) is 5.91 Å².